The Morgan fingerprint density at radius 3 is 1.42 bits per heavy atom. The second-order valence-corrected chi connectivity index (χ2v) is 7.59. The van der Waals surface area contributed by atoms with Crippen LogP contribution >= 0.6 is 31.9 Å². The normalized spacial score (nSPS) is 12.3. The standard InChI is InChI=1S/C21H17Br2N3/c1-14(24-18-10-6-16(22)7-11-18)20-4-3-5-21(26-20)15(2)25-19-12-8-17(23)9-13-19/h3-13H,1-2H3. The van der Waals surface area contributed by atoms with Crippen molar-refractivity contribution >= 4 is 54.7 Å². The number of pyridine rings is 1. The highest BCUT2D eigenvalue weighted by atomic mass is 79.9. The molecule has 3 rings (SSSR count). The van der Waals surface area contributed by atoms with Crippen LogP contribution < -0.4 is 0 Å². The van der Waals surface area contributed by atoms with Gasteiger partial charge >= 0.3 is 0 Å². The van der Waals surface area contributed by atoms with Crippen molar-refractivity contribution in [2.75, 3.05) is 0 Å². The number of rotatable bonds is 4. The van der Waals surface area contributed by atoms with Gasteiger partial charge < -0.3 is 0 Å². The quantitative estimate of drug-likeness (QED) is 0.382. The molecular formula is C21H17Br2N3. The topological polar surface area (TPSA) is 37.6 Å². The zero-order chi connectivity index (χ0) is 18.5. The zero-order valence-electron chi connectivity index (χ0n) is 14.4. The summed E-state index contributed by atoms with van der Waals surface area (Å²) in [5.74, 6) is 0. The van der Waals surface area contributed by atoms with Crippen LogP contribution in [0.15, 0.2) is 85.7 Å². The minimum Gasteiger partial charge on any atom is -0.252 e. The molecule has 26 heavy (non-hydrogen) atoms. The van der Waals surface area contributed by atoms with Crippen molar-refractivity contribution in [2.45, 2.75) is 13.8 Å². The molecule has 0 aliphatic rings. The second-order valence-electron chi connectivity index (χ2n) is 5.76. The summed E-state index contributed by atoms with van der Waals surface area (Å²) >= 11 is 6.87. The number of hydrogen-bond acceptors (Lipinski definition) is 3. The number of nitrogens with zero attached hydrogens (tertiary/aromatic N) is 3. The van der Waals surface area contributed by atoms with Crippen LogP contribution in [-0.2, 0) is 0 Å². The molecule has 0 saturated carbocycles. The van der Waals surface area contributed by atoms with Gasteiger partial charge in [-0.05, 0) is 74.5 Å². The Kier molecular flexibility index (Phi) is 6.12. The van der Waals surface area contributed by atoms with Crippen LogP contribution in [0.1, 0.15) is 25.2 Å². The second kappa shape index (κ2) is 8.52. The predicted molar refractivity (Wildman–Crippen MR) is 116 cm³/mol. The fraction of sp³-hybridized carbons (Fsp3) is 0.0952. The molecule has 1 heterocycles. The molecule has 5 heteroatoms. The minimum atomic E-state index is 0.843. The minimum absolute atomic E-state index is 0.843. The van der Waals surface area contributed by atoms with Gasteiger partial charge in [0, 0.05) is 8.95 Å². The zero-order valence-corrected chi connectivity index (χ0v) is 17.6. The maximum Gasteiger partial charge on any atom is 0.0849 e. The molecule has 0 saturated heterocycles. The summed E-state index contributed by atoms with van der Waals surface area (Å²) in [6.07, 6.45) is 0. The van der Waals surface area contributed by atoms with Crippen LogP contribution in [0.25, 0.3) is 0 Å². The van der Waals surface area contributed by atoms with E-state index in [0.717, 1.165) is 43.1 Å². The molecule has 3 nitrogen and oxygen atoms in total. The fourth-order valence-corrected chi connectivity index (χ4v) is 2.90. The molecule has 2 aromatic carbocycles. The highest BCUT2D eigenvalue weighted by molar-refractivity contribution is 9.10. The first-order chi connectivity index (χ1) is 12.5. The van der Waals surface area contributed by atoms with Crippen LogP contribution in [0, 0.1) is 0 Å². The first-order valence-corrected chi connectivity index (χ1v) is 9.69. The van der Waals surface area contributed by atoms with E-state index < -0.39 is 0 Å². The summed E-state index contributed by atoms with van der Waals surface area (Å²) in [6.45, 7) is 3.94. The summed E-state index contributed by atoms with van der Waals surface area (Å²) in [6, 6.07) is 21.7. The lowest BCUT2D eigenvalue weighted by molar-refractivity contribution is 1.24. The highest BCUT2D eigenvalue weighted by Crippen LogP contribution is 2.19. The van der Waals surface area contributed by atoms with E-state index in [0.29, 0.717) is 0 Å². The van der Waals surface area contributed by atoms with Gasteiger partial charge in [0.25, 0.3) is 0 Å². The van der Waals surface area contributed by atoms with Crippen molar-refractivity contribution in [3.8, 4) is 0 Å². The van der Waals surface area contributed by atoms with Crippen molar-refractivity contribution in [3.05, 3.63) is 87.1 Å². The SMILES string of the molecule is CC(=Nc1ccc(Br)cc1)c1cccc(C(C)=Nc2ccc(Br)cc2)n1. The molecule has 3 aromatic rings. The largest absolute Gasteiger partial charge is 0.252 e. The molecule has 0 atom stereocenters. The smallest absolute Gasteiger partial charge is 0.0849 e. The van der Waals surface area contributed by atoms with Gasteiger partial charge in [0.15, 0.2) is 0 Å². The maximum atomic E-state index is 4.72. The van der Waals surface area contributed by atoms with Gasteiger partial charge in [-0.1, -0.05) is 37.9 Å². The number of benzene rings is 2. The summed E-state index contributed by atoms with van der Waals surface area (Å²) < 4.78 is 2.07. The predicted octanol–water partition coefficient (Wildman–Crippen LogP) is 6.89. The lowest BCUT2D eigenvalue weighted by Gasteiger charge is -2.05. The third-order valence-corrected chi connectivity index (χ3v) is 4.79. The first-order valence-electron chi connectivity index (χ1n) is 8.11. The van der Waals surface area contributed by atoms with E-state index in [1.165, 1.54) is 0 Å². The van der Waals surface area contributed by atoms with Gasteiger partial charge in [0.2, 0.25) is 0 Å². The maximum absolute atomic E-state index is 4.72. The summed E-state index contributed by atoms with van der Waals surface area (Å²) in [4.78, 5) is 14.0. The average Bonchev–Trinajstić information content (AvgIpc) is 2.65. The molecule has 1 aromatic heterocycles. The van der Waals surface area contributed by atoms with Gasteiger partial charge in [-0.2, -0.15) is 0 Å². The third-order valence-electron chi connectivity index (χ3n) is 3.74. The van der Waals surface area contributed by atoms with Crippen LogP contribution in [0.3, 0.4) is 0 Å². The van der Waals surface area contributed by atoms with Crippen molar-refractivity contribution in [1.29, 1.82) is 0 Å². The Bertz CT molecular complexity index is 883. The molecule has 0 amide bonds. The van der Waals surface area contributed by atoms with E-state index in [4.69, 9.17) is 4.98 Å². The molecule has 0 spiro atoms. The van der Waals surface area contributed by atoms with E-state index in [-0.39, 0.29) is 0 Å². The van der Waals surface area contributed by atoms with Crippen LogP contribution in [0.2, 0.25) is 0 Å². The van der Waals surface area contributed by atoms with Crippen LogP contribution in [0.4, 0.5) is 11.4 Å². The number of aromatic nitrogens is 1. The van der Waals surface area contributed by atoms with Gasteiger partial charge in [-0.3, -0.25) is 9.98 Å². The molecule has 0 aliphatic heterocycles. The summed E-state index contributed by atoms with van der Waals surface area (Å²) in [5.41, 5.74) is 5.22. The molecule has 0 unspecified atom stereocenters. The monoisotopic (exact) mass is 469 g/mol. The molecule has 0 radical (unpaired) electrons. The summed E-state index contributed by atoms with van der Waals surface area (Å²) in [7, 11) is 0. The Labute approximate surface area is 170 Å². The van der Waals surface area contributed by atoms with Gasteiger partial charge in [0.1, 0.15) is 0 Å². The highest BCUT2D eigenvalue weighted by Gasteiger charge is 2.05. The lowest BCUT2D eigenvalue weighted by Crippen LogP contribution is -2.04. The van der Waals surface area contributed by atoms with E-state index in [9.17, 15) is 0 Å². The number of halogens is 2. The van der Waals surface area contributed by atoms with E-state index in [1.807, 2.05) is 80.6 Å². The number of hydrogen-bond donors (Lipinski definition) is 0. The van der Waals surface area contributed by atoms with Crippen LogP contribution in [-0.4, -0.2) is 16.4 Å². The number of aliphatic imine (C=N–C) groups is 2. The summed E-state index contributed by atoms with van der Waals surface area (Å²) in [5, 5.41) is 0. The van der Waals surface area contributed by atoms with Crippen molar-refractivity contribution in [2.24, 2.45) is 9.98 Å². The van der Waals surface area contributed by atoms with E-state index in [1.54, 1.807) is 0 Å². The van der Waals surface area contributed by atoms with Crippen molar-refractivity contribution in [3.63, 3.8) is 0 Å². The van der Waals surface area contributed by atoms with Gasteiger partial charge in [-0.15, -0.1) is 0 Å². The fourth-order valence-electron chi connectivity index (χ4n) is 2.37. The van der Waals surface area contributed by atoms with Gasteiger partial charge in [-0.25, -0.2) is 4.98 Å². The Balaban J connectivity index is 1.87. The van der Waals surface area contributed by atoms with Gasteiger partial charge in [0.05, 0.1) is 34.2 Å². The molecule has 0 fully saturated rings. The van der Waals surface area contributed by atoms with Crippen LogP contribution in [0.5, 0.6) is 0 Å². The molecular weight excluding hydrogens is 454 g/mol. The Morgan fingerprint density at radius 2 is 1.04 bits per heavy atom. The Morgan fingerprint density at radius 1 is 0.654 bits per heavy atom. The third kappa shape index (κ3) is 4.96. The Hall–Kier alpha value is -2.11. The lowest BCUT2D eigenvalue weighted by atomic mass is 10.2. The molecule has 0 aliphatic carbocycles. The molecule has 130 valence electrons. The van der Waals surface area contributed by atoms with E-state index in [2.05, 4.69) is 41.8 Å². The van der Waals surface area contributed by atoms with Crippen molar-refractivity contribution in [1.82, 2.24) is 4.98 Å². The first kappa shape index (κ1) is 18.7. The van der Waals surface area contributed by atoms with E-state index >= 15 is 0 Å². The average molecular weight is 471 g/mol. The molecule has 0 N–H and O–H groups in total. The van der Waals surface area contributed by atoms with Crippen molar-refractivity contribution < 1.29 is 0 Å². The molecule has 0 bridgehead atoms.